The van der Waals surface area contributed by atoms with Gasteiger partial charge in [-0.25, -0.2) is 4.99 Å². The predicted octanol–water partition coefficient (Wildman–Crippen LogP) is 12.3. The zero-order valence-electron chi connectivity index (χ0n) is 32.1. The van der Waals surface area contributed by atoms with Crippen molar-refractivity contribution in [3.8, 4) is 0 Å². The van der Waals surface area contributed by atoms with Crippen molar-refractivity contribution in [1.82, 2.24) is 9.13 Å². The summed E-state index contributed by atoms with van der Waals surface area (Å²) in [5.41, 5.74) is 14.3. The second-order valence-corrected chi connectivity index (χ2v) is 16.4. The van der Waals surface area contributed by atoms with Crippen molar-refractivity contribution in [1.29, 1.82) is 0 Å². The van der Waals surface area contributed by atoms with Gasteiger partial charge >= 0.3 is 0 Å². The molecule has 0 radical (unpaired) electrons. The maximum atomic E-state index is 5.85. The fourth-order valence-electron chi connectivity index (χ4n) is 11.2. The van der Waals surface area contributed by atoms with Crippen LogP contribution in [-0.4, -0.2) is 27.1 Å². The van der Waals surface area contributed by atoms with Crippen molar-refractivity contribution in [3.05, 3.63) is 204 Å². The molecule has 5 unspecified atom stereocenters. The Hall–Kier alpha value is -6.85. The van der Waals surface area contributed by atoms with Gasteiger partial charge in [0, 0.05) is 45.8 Å². The van der Waals surface area contributed by atoms with Crippen LogP contribution in [-0.2, 0) is 6.42 Å². The Bertz CT molecular complexity index is 3100. The lowest BCUT2D eigenvalue weighted by Crippen LogP contribution is -2.33. The SMILES string of the molecule is C1=CC2c3ccccc3N(C3=CCCc4c3n(C3CC=CC(n5c6ccccc6c6cccc(N7c8ccccc8C8C=CC=CC87)c65)=N3)c3ccccc43)C2C=C1. The van der Waals surface area contributed by atoms with Crippen LogP contribution in [0.1, 0.15) is 53.2 Å². The monoisotopic (exact) mass is 747 g/mol. The van der Waals surface area contributed by atoms with Crippen LogP contribution in [0.3, 0.4) is 0 Å². The van der Waals surface area contributed by atoms with Gasteiger partial charge in [0.25, 0.3) is 0 Å². The second kappa shape index (κ2) is 12.3. The van der Waals surface area contributed by atoms with Crippen molar-refractivity contribution in [2.75, 3.05) is 9.80 Å². The fraction of sp³-hybridized carbons (Fsp3) is 0.151. The highest BCUT2D eigenvalue weighted by Gasteiger charge is 2.42. The summed E-state index contributed by atoms with van der Waals surface area (Å²) in [6, 6.07) is 43.2. The molecule has 5 nitrogen and oxygen atoms in total. The van der Waals surface area contributed by atoms with Crippen LogP contribution >= 0.6 is 0 Å². The summed E-state index contributed by atoms with van der Waals surface area (Å²) in [7, 11) is 0. The van der Waals surface area contributed by atoms with E-state index in [0.717, 1.165) is 25.1 Å². The highest BCUT2D eigenvalue weighted by atomic mass is 15.3. The normalized spacial score (nSPS) is 23.6. The molecule has 7 aromatic rings. The third kappa shape index (κ3) is 4.39. The van der Waals surface area contributed by atoms with Crippen molar-refractivity contribution < 1.29 is 0 Å². The molecule has 3 aliphatic carbocycles. The van der Waals surface area contributed by atoms with Crippen LogP contribution in [0.4, 0.5) is 17.1 Å². The lowest BCUT2D eigenvalue weighted by Gasteiger charge is -2.34. The van der Waals surface area contributed by atoms with E-state index in [-0.39, 0.29) is 18.2 Å². The first kappa shape index (κ1) is 32.3. The molecule has 3 aliphatic heterocycles. The van der Waals surface area contributed by atoms with Crippen molar-refractivity contribution >= 4 is 61.3 Å². The standard InChI is InChI=1S/C53H41N5/c1-7-24-42-34(16-1)35-17-2-8-25-43(35)55(42)48-30-13-22-40-38-20-5-11-28-46(38)57(52(40)48)50-32-15-33-51(54-50)58-47-29-12-6-21-39(47)41-23-14-31-49(53(41)58)56-44-26-9-3-18-36(44)37-19-4-10-27-45(37)56/h1-13,15-22,24-32,34,36,42,44,51H,14,23,33H2. The average Bonchev–Trinajstić information content (AvgIpc) is 4.02. The lowest BCUT2D eigenvalue weighted by molar-refractivity contribution is 0.534. The van der Waals surface area contributed by atoms with Crippen LogP contribution in [0.2, 0.25) is 0 Å². The average molecular weight is 748 g/mol. The van der Waals surface area contributed by atoms with Crippen molar-refractivity contribution in [2.24, 2.45) is 4.99 Å². The molecule has 5 heteroatoms. The number of allylic oxidation sites excluding steroid dienone is 6. The number of para-hydroxylation sites is 5. The molecule has 5 aromatic carbocycles. The molecular weight excluding hydrogens is 707 g/mol. The number of hydrogen-bond acceptors (Lipinski definition) is 3. The first-order valence-corrected chi connectivity index (χ1v) is 20.9. The lowest BCUT2D eigenvalue weighted by atomic mass is 9.91. The van der Waals surface area contributed by atoms with Gasteiger partial charge in [0.1, 0.15) is 12.0 Å². The zero-order chi connectivity index (χ0) is 37.9. The van der Waals surface area contributed by atoms with E-state index in [4.69, 9.17) is 4.99 Å². The molecule has 5 heterocycles. The van der Waals surface area contributed by atoms with Gasteiger partial charge in [0.05, 0.1) is 45.7 Å². The number of benzene rings is 5. The van der Waals surface area contributed by atoms with E-state index < -0.39 is 0 Å². The first-order valence-electron chi connectivity index (χ1n) is 20.9. The molecule has 0 saturated heterocycles. The Labute approximate surface area is 337 Å². The minimum atomic E-state index is -0.128. The first-order chi connectivity index (χ1) is 28.8. The van der Waals surface area contributed by atoms with Gasteiger partial charge in [-0.15, -0.1) is 0 Å². The number of nitrogens with zero attached hydrogens (tertiary/aromatic N) is 5. The Morgan fingerprint density at radius 1 is 0.552 bits per heavy atom. The number of fused-ring (bicyclic) bond motifs is 12. The Kier molecular flexibility index (Phi) is 6.85. The Balaban J connectivity index is 1.02. The summed E-state index contributed by atoms with van der Waals surface area (Å²) in [6.45, 7) is 0. The van der Waals surface area contributed by atoms with Gasteiger partial charge in [-0.2, -0.15) is 0 Å². The van der Waals surface area contributed by atoms with Crippen LogP contribution < -0.4 is 9.80 Å². The summed E-state index contributed by atoms with van der Waals surface area (Å²) in [6.07, 6.45) is 28.2. The molecule has 58 heavy (non-hydrogen) atoms. The number of anilines is 3. The highest BCUT2D eigenvalue weighted by Crippen LogP contribution is 2.52. The van der Waals surface area contributed by atoms with E-state index in [0.29, 0.717) is 11.8 Å². The van der Waals surface area contributed by atoms with Crippen molar-refractivity contribution in [2.45, 2.75) is 49.3 Å². The summed E-state index contributed by atoms with van der Waals surface area (Å²) >= 11 is 0. The quantitative estimate of drug-likeness (QED) is 0.180. The van der Waals surface area contributed by atoms with Crippen LogP contribution in [0.15, 0.2) is 187 Å². The maximum Gasteiger partial charge on any atom is 0.134 e. The van der Waals surface area contributed by atoms with E-state index in [2.05, 4.69) is 201 Å². The van der Waals surface area contributed by atoms with E-state index in [1.165, 1.54) is 77.9 Å². The molecule has 0 saturated carbocycles. The topological polar surface area (TPSA) is 28.7 Å². The summed E-state index contributed by atoms with van der Waals surface area (Å²) in [4.78, 5) is 11.1. The van der Waals surface area contributed by atoms with Crippen LogP contribution in [0, 0.1) is 0 Å². The number of hydrogen-bond donors (Lipinski definition) is 0. The molecule has 0 fully saturated rings. The van der Waals surface area contributed by atoms with Crippen LogP contribution in [0.25, 0.3) is 38.4 Å². The Morgan fingerprint density at radius 3 is 1.97 bits per heavy atom. The molecule has 0 bridgehead atoms. The largest absolute Gasteiger partial charge is 0.332 e. The number of aliphatic imine (C=N–C) groups is 1. The van der Waals surface area contributed by atoms with E-state index in [1.807, 2.05) is 0 Å². The second-order valence-electron chi connectivity index (χ2n) is 16.4. The van der Waals surface area contributed by atoms with Gasteiger partial charge in [-0.3, -0.25) is 4.57 Å². The number of aromatic nitrogens is 2. The minimum absolute atomic E-state index is 0.128. The van der Waals surface area contributed by atoms with Crippen molar-refractivity contribution in [3.63, 3.8) is 0 Å². The van der Waals surface area contributed by atoms with E-state index >= 15 is 0 Å². The zero-order valence-corrected chi connectivity index (χ0v) is 32.1. The highest BCUT2D eigenvalue weighted by molar-refractivity contribution is 6.20. The molecule has 6 aliphatic rings. The predicted molar refractivity (Wildman–Crippen MR) is 240 cm³/mol. The van der Waals surface area contributed by atoms with Gasteiger partial charge in [-0.05, 0) is 65.9 Å². The molecule has 2 aromatic heterocycles. The van der Waals surface area contributed by atoms with Gasteiger partial charge < -0.3 is 14.4 Å². The van der Waals surface area contributed by atoms with E-state index in [1.54, 1.807) is 0 Å². The van der Waals surface area contributed by atoms with Gasteiger partial charge in [0.2, 0.25) is 0 Å². The molecule has 0 spiro atoms. The molecule has 278 valence electrons. The summed E-state index contributed by atoms with van der Waals surface area (Å²) in [5.74, 6) is 1.60. The smallest absolute Gasteiger partial charge is 0.134 e. The Morgan fingerprint density at radius 2 is 1.17 bits per heavy atom. The molecule has 5 atom stereocenters. The molecule has 0 amide bonds. The third-order valence-corrected chi connectivity index (χ3v) is 13.5. The van der Waals surface area contributed by atoms with Gasteiger partial charge in [0.15, 0.2) is 0 Å². The maximum absolute atomic E-state index is 5.85. The fourth-order valence-corrected chi connectivity index (χ4v) is 11.2. The number of rotatable bonds is 3. The molecular formula is C53H41N5. The van der Waals surface area contributed by atoms with Crippen LogP contribution in [0.5, 0.6) is 0 Å². The summed E-state index contributed by atoms with van der Waals surface area (Å²) in [5, 5.41) is 3.83. The molecule has 13 rings (SSSR count). The van der Waals surface area contributed by atoms with E-state index in [9.17, 15) is 0 Å². The molecule has 0 N–H and O–H groups in total. The summed E-state index contributed by atoms with van der Waals surface area (Å²) < 4.78 is 5.04. The number of aryl methyl sites for hydroxylation is 1. The van der Waals surface area contributed by atoms with Gasteiger partial charge in [-0.1, -0.05) is 146 Å². The number of dihydropyridines is 1. The minimum Gasteiger partial charge on any atom is -0.332 e. The third-order valence-electron chi connectivity index (χ3n) is 13.5.